The molecule has 1 saturated heterocycles. The third-order valence-electron chi connectivity index (χ3n) is 4.06. The van der Waals surface area contributed by atoms with Crippen LogP contribution >= 0.6 is 11.3 Å². The molecule has 10 heteroatoms. The van der Waals surface area contributed by atoms with Crippen LogP contribution < -0.4 is 14.8 Å². The van der Waals surface area contributed by atoms with Gasteiger partial charge in [-0.2, -0.15) is 9.37 Å². The van der Waals surface area contributed by atoms with Crippen LogP contribution in [0.25, 0.3) is 0 Å². The maximum absolute atomic E-state index is 14.0. The highest BCUT2D eigenvalue weighted by molar-refractivity contribution is 7.15. The number of hydrogen-bond acceptors (Lipinski definition) is 8. The molecule has 0 bridgehead atoms. The molecule has 0 aromatic carbocycles. The molecule has 1 amide bonds. The van der Waals surface area contributed by atoms with Crippen LogP contribution in [-0.4, -0.2) is 51.6 Å². The smallest absolute Gasteiger partial charge is 0.230 e. The fourth-order valence-corrected chi connectivity index (χ4v) is 3.75. The summed E-state index contributed by atoms with van der Waals surface area (Å²) in [5.41, 5.74) is 0. The Morgan fingerprint density at radius 2 is 2.23 bits per heavy atom. The lowest BCUT2D eigenvalue weighted by atomic mass is 10.2. The Bertz CT molecular complexity index is 787. The first-order valence-corrected chi connectivity index (χ1v) is 8.95. The molecular formula is C16H20FN5O3S. The van der Waals surface area contributed by atoms with E-state index < -0.39 is 5.95 Å². The molecule has 140 valence electrons. The summed E-state index contributed by atoms with van der Waals surface area (Å²) in [6, 6.07) is 1.85. The minimum Gasteiger partial charge on any atom is -0.481 e. The van der Waals surface area contributed by atoms with Gasteiger partial charge in [-0.05, 0) is 6.92 Å². The van der Waals surface area contributed by atoms with Gasteiger partial charge in [0.2, 0.25) is 23.6 Å². The lowest BCUT2D eigenvalue weighted by molar-refractivity contribution is -0.114. The zero-order valence-electron chi connectivity index (χ0n) is 14.7. The molecular weight excluding hydrogens is 361 g/mol. The van der Waals surface area contributed by atoms with Gasteiger partial charge < -0.3 is 14.8 Å². The van der Waals surface area contributed by atoms with Crippen molar-refractivity contribution >= 4 is 22.4 Å². The molecule has 26 heavy (non-hydrogen) atoms. The molecule has 0 unspecified atom stereocenters. The van der Waals surface area contributed by atoms with E-state index >= 15 is 0 Å². The summed E-state index contributed by atoms with van der Waals surface area (Å²) in [5.74, 6) is 0.0763. The van der Waals surface area contributed by atoms with E-state index in [0.717, 1.165) is 17.8 Å². The molecule has 1 aliphatic heterocycles. The number of nitrogens with one attached hydrogen (secondary N) is 1. The number of carbonyl (C=O) groups is 1. The Balaban J connectivity index is 1.62. The van der Waals surface area contributed by atoms with E-state index in [0.29, 0.717) is 29.7 Å². The minimum atomic E-state index is -0.546. The number of ether oxygens (including phenoxy) is 2. The molecule has 1 aliphatic rings. The van der Waals surface area contributed by atoms with Gasteiger partial charge in [-0.3, -0.25) is 9.69 Å². The van der Waals surface area contributed by atoms with E-state index in [9.17, 15) is 9.18 Å². The lowest BCUT2D eigenvalue weighted by Crippen LogP contribution is -2.28. The van der Waals surface area contributed by atoms with Gasteiger partial charge in [0, 0.05) is 32.5 Å². The maximum Gasteiger partial charge on any atom is 0.230 e. The summed E-state index contributed by atoms with van der Waals surface area (Å²) in [4.78, 5) is 25.5. The highest BCUT2D eigenvalue weighted by atomic mass is 32.1. The van der Waals surface area contributed by atoms with Crippen LogP contribution in [0, 0.1) is 5.95 Å². The molecule has 2 aromatic rings. The van der Waals surface area contributed by atoms with Crippen molar-refractivity contribution in [1.29, 1.82) is 0 Å². The first-order valence-electron chi connectivity index (χ1n) is 8.14. The van der Waals surface area contributed by atoms with E-state index in [4.69, 9.17) is 9.47 Å². The Morgan fingerprint density at radius 1 is 1.46 bits per heavy atom. The second-order valence-electron chi connectivity index (χ2n) is 6.07. The molecule has 0 spiro atoms. The van der Waals surface area contributed by atoms with Crippen molar-refractivity contribution in [3.8, 4) is 11.8 Å². The van der Waals surface area contributed by atoms with Crippen molar-refractivity contribution in [1.82, 2.24) is 19.9 Å². The van der Waals surface area contributed by atoms with Gasteiger partial charge in [0.15, 0.2) is 5.13 Å². The second kappa shape index (κ2) is 7.92. The largest absolute Gasteiger partial charge is 0.481 e. The Labute approximate surface area is 154 Å². The molecule has 0 radical (unpaired) electrons. The van der Waals surface area contributed by atoms with Crippen molar-refractivity contribution in [3.63, 3.8) is 0 Å². The fraction of sp³-hybridized carbons (Fsp3) is 0.500. The number of halogens is 1. The van der Waals surface area contributed by atoms with E-state index in [1.807, 2.05) is 0 Å². The molecule has 8 nitrogen and oxygen atoms in total. The second-order valence-corrected chi connectivity index (χ2v) is 7.15. The lowest BCUT2D eigenvalue weighted by Gasteiger charge is -2.19. The number of thiazole rings is 1. The van der Waals surface area contributed by atoms with Gasteiger partial charge in [0.1, 0.15) is 12.4 Å². The van der Waals surface area contributed by atoms with Gasteiger partial charge in [0.05, 0.1) is 18.1 Å². The average molecular weight is 381 g/mol. The monoisotopic (exact) mass is 381 g/mol. The first kappa shape index (κ1) is 18.5. The molecule has 3 rings (SSSR count). The quantitative estimate of drug-likeness (QED) is 0.819. The van der Waals surface area contributed by atoms with Crippen LogP contribution in [0.15, 0.2) is 12.4 Å². The summed E-state index contributed by atoms with van der Waals surface area (Å²) < 4.78 is 25.0. The number of amides is 1. The summed E-state index contributed by atoms with van der Waals surface area (Å²) >= 11 is 1.15. The van der Waals surface area contributed by atoms with Gasteiger partial charge >= 0.3 is 0 Å². The van der Waals surface area contributed by atoms with Crippen LogP contribution in [0.2, 0.25) is 0 Å². The summed E-state index contributed by atoms with van der Waals surface area (Å²) in [6.07, 6.45) is 2.13. The Kier molecular flexibility index (Phi) is 5.62. The van der Waals surface area contributed by atoms with Crippen LogP contribution in [0.3, 0.4) is 0 Å². The molecule has 1 fully saturated rings. The molecule has 2 aromatic heterocycles. The first-order chi connectivity index (χ1) is 12.4. The minimum absolute atomic E-state index is 0.0598. The molecule has 0 aliphatic carbocycles. The van der Waals surface area contributed by atoms with E-state index in [1.165, 1.54) is 20.4 Å². The van der Waals surface area contributed by atoms with E-state index in [-0.39, 0.29) is 23.2 Å². The fourth-order valence-electron chi connectivity index (χ4n) is 2.84. The summed E-state index contributed by atoms with van der Waals surface area (Å²) in [7, 11) is 1.53. The van der Waals surface area contributed by atoms with Crippen LogP contribution in [-0.2, 0) is 11.3 Å². The number of methoxy groups -OCH3 is 1. The molecule has 2 atom stereocenters. The van der Waals surface area contributed by atoms with Crippen LogP contribution in [0.4, 0.5) is 9.52 Å². The average Bonchev–Trinajstić information content (AvgIpc) is 3.09. The SMILES string of the molecule is COc1cc(O[C@@H]2C[C@@H](C)N(Cc3sc(NC(C)=O)nc3F)C2)ncn1. The number of anilines is 1. The predicted molar refractivity (Wildman–Crippen MR) is 93.9 cm³/mol. The zero-order valence-corrected chi connectivity index (χ0v) is 15.5. The third kappa shape index (κ3) is 4.44. The number of aromatic nitrogens is 3. The zero-order chi connectivity index (χ0) is 18.7. The van der Waals surface area contributed by atoms with Crippen LogP contribution in [0.1, 0.15) is 25.1 Å². The normalized spacial score (nSPS) is 20.2. The number of hydrogen-bond donors (Lipinski definition) is 1. The van der Waals surface area contributed by atoms with Gasteiger partial charge in [-0.25, -0.2) is 9.97 Å². The summed E-state index contributed by atoms with van der Waals surface area (Å²) in [6.45, 7) is 4.49. The van der Waals surface area contributed by atoms with Crippen molar-refractivity contribution in [2.24, 2.45) is 0 Å². The highest BCUT2D eigenvalue weighted by Crippen LogP contribution is 2.28. The van der Waals surface area contributed by atoms with Crippen molar-refractivity contribution in [3.05, 3.63) is 23.2 Å². The van der Waals surface area contributed by atoms with Gasteiger partial charge in [-0.15, -0.1) is 0 Å². The van der Waals surface area contributed by atoms with E-state index in [1.54, 1.807) is 6.07 Å². The van der Waals surface area contributed by atoms with Crippen molar-refractivity contribution in [2.75, 3.05) is 19.0 Å². The van der Waals surface area contributed by atoms with Gasteiger partial charge in [-0.1, -0.05) is 11.3 Å². The highest BCUT2D eigenvalue weighted by Gasteiger charge is 2.32. The number of carbonyl (C=O) groups excluding carboxylic acids is 1. The molecule has 1 N–H and O–H groups in total. The predicted octanol–water partition coefficient (Wildman–Crippen LogP) is 2.08. The number of rotatable bonds is 6. The molecule has 3 heterocycles. The third-order valence-corrected chi connectivity index (χ3v) is 4.99. The topological polar surface area (TPSA) is 89.5 Å². The summed E-state index contributed by atoms with van der Waals surface area (Å²) in [5, 5.41) is 2.79. The molecule has 0 saturated carbocycles. The standard InChI is InChI=1S/C16H20FN5O3S/c1-9-4-11(25-14-5-13(24-3)18-8-19-14)6-22(9)7-12-15(17)21-16(26-12)20-10(2)23/h5,8-9,11H,4,6-7H2,1-3H3,(H,20,21,23)/t9-,11-/m1/s1. The number of nitrogens with zero attached hydrogens (tertiary/aromatic N) is 4. The van der Waals surface area contributed by atoms with E-state index in [2.05, 4.69) is 32.1 Å². The Hall–Kier alpha value is -2.33. The Morgan fingerprint density at radius 3 is 2.96 bits per heavy atom. The van der Waals surface area contributed by atoms with Crippen molar-refractivity contribution < 1.29 is 18.7 Å². The number of likely N-dealkylation sites (tertiary alicyclic amines) is 1. The van der Waals surface area contributed by atoms with Gasteiger partial charge in [0.25, 0.3) is 0 Å². The van der Waals surface area contributed by atoms with Crippen LogP contribution in [0.5, 0.6) is 11.8 Å². The maximum atomic E-state index is 14.0. The van der Waals surface area contributed by atoms with Crippen molar-refractivity contribution in [2.45, 2.75) is 39.0 Å².